The van der Waals surface area contributed by atoms with E-state index >= 15 is 0 Å². The molecule has 1 saturated carbocycles. The highest BCUT2D eigenvalue weighted by Crippen LogP contribution is 2.47. The van der Waals surface area contributed by atoms with Crippen molar-refractivity contribution < 1.29 is 0 Å². The van der Waals surface area contributed by atoms with Crippen LogP contribution in [0.4, 0.5) is 0 Å². The second-order valence-electron chi connectivity index (χ2n) is 6.32. The van der Waals surface area contributed by atoms with Gasteiger partial charge in [-0.3, -0.25) is 0 Å². The zero-order valence-corrected chi connectivity index (χ0v) is 13.9. The summed E-state index contributed by atoms with van der Waals surface area (Å²) in [6.07, 6.45) is 7.79. The summed E-state index contributed by atoms with van der Waals surface area (Å²) in [6.45, 7) is 0.822. The van der Waals surface area contributed by atoms with E-state index in [1.54, 1.807) is 0 Å². The monoisotopic (exact) mass is 315 g/mol. The number of hydrogen-bond acceptors (Lipinski definition) is 1. The molecule has 0 aromatic heterocycles. The summed E-state index contributed by atoms with van der Waals surface area (Å²) in [6, 6.07) is 19.9. The molecule has 0 aliphatic heterocycles. The van der Waals surface area contributed by atoms with Crippen LogP contribution in [0.3, 0.4) is 0 Å². The fourth-order valence-corrected chi connectivity index (χ4v) is 3.54. The number of rotatable bonds is 6. The Bertz CT molecular complexity index is 558. The van der Waals surface area contributed by atoms with E-state index in [-0.39, 0.29) is 12.4 Å². The van der Waals surface area contributed by atoms with Gasteiger partial charge in [-0.25, -0.2) is 0 Å². The van der Waals surface area contributed by atoms with Gasteiger partial charge in [0.25, 0.3) is 0 Å². The van der Waals surface area contributed by atoms with Crippen molar-refractivity contribution in [2.45, 2.75) is 43.9 Å². The van der Waals surface area contributed by atoms with Gasteiger partial charge in [-0.2, -0.15) is 0 Å². The second-order valence-corrected chi connectivity index (χ2v) is 6.32. The van der Waals surface area contributed by atoms with Crippen LogP contribution in [0.15, 0.2) is 54.6 Å². The molecule has 22 heavy (non-hydrogen) atoms. The summed E-state index contributed by atoms with van der Waals surface area (Å²) in [5.41, 5.74) is 10.2. The number of benzene rings is 2. The van der Waals surface area contributed by atoms with Gasteiger partial charge in [-0.15, -0.1) is 12.4 Å². The molecule has 2 aromatic carbocycles. The molecule has 1 fully saturated rings. The normalized spacial score (nSPS) is 15.7. The Morgan fingerprint density at radius 2 is 1.45 bits per heavy atom. The van der Waals surface area contributed by atoms with Crippen LogP contribution >= 0.6 is 12.4 Å². The first-order valence-corrected chi connectivity index (χ1v) is 8.20. The van der Waals surface area contributed by atoms with E-state index in [2.05, 4.69) is 54.6 Å². The summed E-state index contributed by atoms with van der Waals surface area (Å²) in [7, 11) is 0. The van der Waals surface area contributed by atoms with Gasteiger partial charge < -0.3 is 5.73 Å². The van der Waals surface area contributed by atoms with Gasteiger partial charge in [0, 0.05) is 0 Å². The quantitative estimate of drug-likeness (QED) is 0.717. The maximum absolute atomic E-state index is 5.64. The van der Waals surface area contributed by atoms with E-state index in [4.69, 9.17) is 5.73 Å². The van der Waals surface area contributed by atoms with Gasteiger partial charge in [-0.1, -0.05) is 67.4 Å². The van der Waals surface area contributed by atoms with Crippen LogP contribution in [0.25, 0.3) is 11.1 Å². The standard InChI is InChI=1S/C20H25N.ClH/c21-16-5-4-13-20(14-6-15-20)19-11-9-18(10-12-19)17-7-2-1-3-8-17;/h1-3,7-12H,4-6,13-16,21H2;1H. The lowest BCUT2D eigenvalue weighted by Gasteiger charge is -2.43. The van der Waals surface area contributed by atoms with E-state index in [0.717, 1.165) is 13.0 Å². The maximum atomic E-state index is 5.64. The van der Waals surface area contributed by atoms with Crippen molar-refractivity contribution in [3.8, 4) is 11.1 Å². The molecule has 0 radical (unpaired) electrons. The molecule has 3 rings (SSSR count). The maximum Gasteiger partial charge on any atom is -0.00469 e. The van der Waals surface area contributed by atoms with Gasteiger partial charge in [-0.05, 0) is 54.3 Å². The third-order valence-electron chi connectivity index (χ3n) is 5.02. The zero-order valence-electron chi connectivity index (χ0n) is 13.1. The summed E-state index contributed by atoms with van der Waals surface area (Å²) in [4.78, 5) is 0. The topological polar surface area (TPSA) is 26.0 Å². The third-order valence-corrected chi connectivity index (χ3v) is 5.02. The van der Waals surface area contributed by atoms with Crippen molar-refractivity contribution in [3.05, 3.63) is 60.2 Å². The van der Waals surface area contributed by atoms with Crippen LogP contribution < -0.4 is 5.73 Å². The van der Waals surface area contributed by atoms with Crippen LogP contribution in [0.1, 0.15) is 44.1 Å². The summed E-state index contributed by atoms with van der Waals surface area (Å²) in [5, 5.41) is 0. The molecule has 1 aliphatic carbocycles. The molecule has 0 saturated heterocycles. The van der Waals surface area contributed by atoms with E-state index in [9.17, 15) is 0 Å². The van der Waals surface area contributed by atoms with E-state index in [1.165, 1.54) is 48.8 Å². The zero-order chi connectivity index (χ0) is 14.5. The highest BCUT2D eigenvalue weighted by atomic mass is 35.5. The molecule has 2 heteroatoms. The largest absolute Gasteiger partial charge is 0.330 e. The Morgan fingerprint density at radius 1 is 0.818 bits per heavy atom. The Kier molecular flexibility index (Phi) is 6.05. The molecule has 2 N–H and O–H groups in total. The van der Waals surface area contributed by atoms with E-state index in [1.807, 2.05) is 0 Å². The summed E-state index contributed by atoms with van der Waals surface area (Å²) < 4.78 is 0. The molecular weight excluding hydrogens is 290 g/mol. The van der Waals surface area contributed by atoms with Gasteiger partial charge in [0.1, 0.15) is 0 Å². The average Bonchev–Trinajstić information content (AvgIpc) is 2.51. The number of hydrogen-bond donors (Lipinski definition) is 1. The lowest BCUT2D eigenvalue weighted by Crippen LogP contribution is -2.34. The highest BCUT2D eigenvalue weighted by molar-refractivity contribution is 5.85. The van der Waals surface area contributed by atoms with Gasteiger partial charge in [0.2, 0.25) is 0 Å². The van der Waals surface area contributed by atoms with E-state index in [0.29, 0.717) is 5.41 Å². The van der Waals surface area contributed by atoms with Crippen LogP contribution in [0.2, 0.25) is 0 Å². The molecule has 0 bridgehead atoms. The molecule has 2 aromatic rings. The molecule has 0 atom stereocenters. The minimum absolute atomic E-state index is 0. The smallest absolute Gasteiger partial charge is 0.00469 e. The molecule has 1 aliphatic rings. The van der Waals surface area contributed by atoms with Gasteiger partial charge in [0.15, 0.2) is 0 Å². The Labute approximate surface area is 140 Å². The van der Waals surface area contributed by atoms with E-state index < -0.39 is 0 Å². The number of nitrogens with two attached hydrogens (primary N) is 1. The SMILES string of the molecule is Cl.NCCCCC1(c2ccc(-c3ccccc3)cc2)CCC1. The molecule has 0 amide bonds. The average molecular weight is 316 g/mol. The minimum atomic E-state index is 0. The van der Waals surface area contributed by atoms with Crippen LogP contribution in [-0.2, 0) is 5.41 Å². The number of halogens is 1. The lowest BCUT2D eigenvalue weighted by molar-refractivity contribution is 0.219. The van der Waals surface area contributed by atoms with Gasteiger partial charge >= 0.3 is 0 Å². The second kappa shape index (κ2) is 7.80. The molecular formula is C20H26ClN. The Morgan fingerprint density at radius 3 is 2.00 bits per heavy atom. The van der Waals surface area contributed by atoms with Gasteiger partial charge in [0.05, 0.1) is 0 Å². The summed E-state index contributed by atoms with van der Waals surface area (Å²) >= 11 is 0. The predicted molar refractivity (Wildman–Crippen MR) is 97.6 cm³/mol. The molecule has 0 unspecified atom stereocenters. The molecule has 118 valence electrons. The summed E-state index contributed by atoms with van der Waals surface area (Å²) in [5.74, 6) is 0. The molecule has 1 nitrogen and oxygen atoms in total. The van der Waals surface area contributed by atoms with Crippen molar-refractivity contribution in [1.29, 1.82) is 0 Å². The van der Waals surface area contributed by atoms with Crippen molar-refractivity contribution in [2.24, 2.45) is 5.73 Å². The van der Waals surface area contributed by atoms with Crippen LogP contribution in [-0.4, -0.2) is 6.54 Å². The first-order valence-electron chi connectivity index (χ1n) is 8.20. The minimum Gasteiger partial charge on any atom is -0.330 e. The van der Waals surface area contributed by atoms with Crippen molar-refractivity contribution in [1.82, 2.24) is 0 Å². The van der Waals surface area contributed by atoms with Crippen molar-refractivity contribution in [3.63, 3.8) is 0 Å². The predicted octanol–water partition coefficient (Wildman–Crippen LogP) is 5.33. The first kappa shape index (κ1) is 17.1. The van der Waals surface area contributed by atoms with Crippen molar-refractivity contribution >= 4 is 12.4 Å². The first-order chi connectivity index (χ1) is 10.3. The Hall–Kier alpha value is -1.31. The molecule has 0 heterocycles. The van der Waals surface area contributed by atoms with Crippen LogP contribution in [0.5, 0.6) is 0 Å². The van der Waals surface area contributed by atoms with Crippen LogP contribution in [0, 0.1) is 0 Å². The third kappa shape index (κ3) is 3.53. The lowest BCUT2D eigenvalue weighted by atomic mass is 9.62. The fourth-order valence-electron chi connectivity index (χ4n) is 3.54. The fraction of sp³-hybridized carbons (Fsp3) is 0.400. The Balaban J connectivity index is 0.00000176. The highest BCUT2D eigenvalue weighted by Gasteiger charge is 2.37. The number of unbranched alkanes of at least 4 members (excludes halogenated alkanes) is 1. The van der Waals surface area contributed by atoms with Crippen molar-refractivity contribution in [2.75, 3.05) is 6.54 Å². The molecule has 0 spiro atoms.